The average molecular weight is 500 g/mol. The van der Waals surface area contributed by atoms with Crippen molar-refractivity contribution in [1.82, 2.24) is 19.0 Å². The molecule has 33 heavy (non-hydrogen) atoms. The van der Waals surface area contributed by atoms with Crippen LogP contribution in [0, 0.1) is 0 Å². The maximum absolute atomic E-state index is 13.0. The Morgan fingerprint density at radius 3 is 2.42 bits per heavy atom. The van der Waals surface area contributed by atoms with E-state index in [1.165, 1.54) is 30.7 Å². The molecule has 1 aliphatic heterocycles. The van der Waals surface area contributed by atoms with E-state index in [0.29, 0.717) is 12.0 Å². The minimum absolute atomic E-state index is 0.0778. The average Bonchev–Trinajstić information content (AvgIpc) is 3.03. The van der Waals surface area contributed by atoms with Crippen LogP contribution in [-0.2, 0) is 26.6 Å². The van der Waals surface area contributed by atoms with Gasteiger partial charge < -0.3 is 9.47 Å². The number of sulfonamides is 2. The summed E-state index contributed by atoms with van der Waals surface area (Å²) < 4.78 is 65.0. The van der Waals surface area contributed by atoms with Crippen molar-refractivity contribution in [2.75, 3.05) is 26.1 Å². The molecule has 0 radical (unpaired) electrons. The van der Waals surface area contributed by atoms with Gasteiger partial charge in [-0.05, 0) is 18.1 Å². The summed E-state index contributed by atoms with van der Waals surface area (Å²) in [5.41, 5.74) is 0.357. The number of aromatic nitrogens is 2. The predicted octanol–water partition coefficient (Wildman–Crippen LogP) is 1.70. The second-order valence-electron chi connectivity index (χ2n) is 7.13. The summed E-state index contributed by atoms with van der Waals surface area (Å²) in [7, 11) is -5.88. The lowest BCUT2D eigenvalue weighted by Gasteiger charge is -2.15. The van der Waals surface area contributed by atoms with E-state index in [4.69, 9.17) is 9.47 Å². The van der Waals surface area contributed by atoms with Crippen molar-refractivity contribution < 1.29 is 31.1 Å². The zero-order valence-electron chi connectivity index (χ0n) is 18.4. The molecule has 0 spiro atoms. The van der Waals surface area contributed by atoms with Crippen LogP contribution in [0.5, 0.6) is 11.8 Å². The minimum atomic E-state index is -4.54. The molecule has 2 heterocycles. The first kappa shape index (κ1) is 24.7. The first-order chi connectivity index (χ1) is 15.6. The molecule has 0 saturated heterocycles. The highest BCUT2D eigenvalue weighted by Crippen LogP contribution is 2.35. The summed E-state index contributed by atoms with van der Waals surface area (Å²) >= 11 is 0. The standard InChI is InChI=1S/C19H25N5O7S2/c1-4-5-6-10-24-12-13-8-7-9-14(17(13)33(24,28)29)32(26,27)23-19(25)22-18-20-15(30-2)11-16(21-18)31-3/h7-9,11H,4-6,10,12H2,1-3H3,(H2,20,21,22,23,25). The largest absolute Gasteiger partial charge is 0.481 e. The van der Waals surface area contributed by atoms with Crippen LogP contribution in [0.2, 0.25) is 0 Å². The Kier molecular flexibility index (Phi) is 7.39. The predicted molar refractivity (Wildman–Crippen MR) is 118 cm³/mol. The van der Waals surface area contributed by atoms with Crippen molar-refractivity contribution in [3.8, 4) is 11.8 Å². The molecular weight excluding hydrogens is 474 g/mol. The third-order valence-electron chi connectivity index (χ3n) is 4.86. The highest BCUT2D eigenvalue weighted by molar-refractivity contribution is 7.93. The number of rotatable bonds is 9. The van der Waals surface area contributed by atoms with Crippen molar-refractivity contribution in [2.24, 2.45) is 0 Å². The molecule has 2 amide bonds. The van der Waals surface area contributed by atoms with Crippen LogP contribution in [0.25, 0.3) is 0 Å². The van der Waals surface area contributed by atoms with Gasteiger partial charge in [-0.25, -0.2) is 26.4 Å². The number of hydrogen-bond donors (Lipinski definition) is 2. The number of nitrogens with zero attached hydrogens (tertiary/aromatic N) is 3. The van der Waals surface area contributed by atoms with Crippen LogP contribution in [0.3, 0.4) is 0 Å². The highest BCUT2D eigenvalue weighted by atomic mass is 32.2. The molecule has 0 fully saturated rings. The van der Waals surface area contributed by atoms with Gasteiger partial charge in [-0.2, -0.15) is 14.3 Å². The third-order valence-corrected chi connectivity index (χ3v) is 8.35. The highest BCUT2D eigenvalue weighted by Gasteiger charge is 2.39. The van der Waals surface area contributed by atoms with Gasteiger partial charge in [0.15, 0.2) is 0 Å². The molecule has 2 aromatic rings. The molecular formula is C19H25N5O7S2. The summed E-state index contributed by atoms with van der Waals surface area (Å²) in [5, 5.41) is 2.18. The van der Waals surface area contributed by atoms with E-state index in [1.54, 1.807) is 6.07 Å². The van der Waals surface area contributed by atoms with Crippen LogP contribution in [0.4, 0.5) is 10.7 Å². The number of amides is 2. The summed E-state index contributed by atoms with van der Waals surface area (Å²) in [6.07, 6.45) is 2.44. The van der Waals surface area contributed by atoms with Crippen molar-refractivity contribution in [3.05, 3.63) is 29.8 Å². The van der Waals surface area contributed by atoms with Crippen LogP contribution >= 0.6 is 0 Å². The molecule has 0 atom stereocenters. The van der Waals surface area contributed by atoms with Crippen LogP contribution in [0.15, 0.2) is 34.1 Å². The van der Waals surface area contributed by atoms with Gasteiger partial charge in [0.1, 0.15) is 9.79 Å². The first-order valence-electron chi connectivity index (χ1n) is 10.0. The van der Waals surface area contributed by atoms with E-state index >= 15 is 0 Å². The topological polar surface area (TPSA) is 157 Å². The summed E-state index contributed by atoms with van der Waals surface area (Å²) in [6.45, 7) is 2.36. The van der Waals surface area contributed by atoms with Crippen LogP contribution in [0.1, 0.15) is 31.7 Å². The quantitative estimate of drug-likeness (QED) is 0.490. The fourth-order valence-electron chi connectivity index (χ4n) is 3.30. The van der Waals surface area contributed by atoms with E-state index < -0.39 is 31.0 Å². The van der Waals surface area contributed by atoms with Gasteiger partial charge in [-0.15, -0.1) is 0 Å². The third kappa shape index (κ3) is 5.34. The number of ether oxygens (including phenoxy) is 2. The van der Waals surface area contributed by atoms with Gasteiger partial charge in [-0.1, -0.05) is 31.9 Å². The Morgan fingerprint density at radius 1 is 1.15 bits per heavy atom. The van der Waals surface area contributed by atoms with Gasteiger partial charge in [-0.3, -0.25) is 5.32 Å². The van der Waals surface area contributed by atoms with E-state index in [2.05, 4.69) is 15.3 Å². The Labute approximate surface area is 192 Å². The van der Waals surface area contributed by atoms with Crippen LogP contribution < -0.4 is 19.5 Å². The maximum Gasteiger partial charge on any atom is 0.335 e. The van der Waals surface area contributed by atoms with Crippen molar-refractivity contribution in [2.45, 2.75) is 42.5 Å². The number of hydrogen-bond acceptors (Lipinski definition) is 9. The molecule has 3 rings (SSSR count). The molecule has 1 aromatic carbocycles. The molecule has 12 nitrogen and oxygen atoms in total. The van der Waals surface area contributed by atoms with E-state index in [1.807, 2.05) is 11.6 Å². The minimum Gasteiger partial charge on any atom is -0.481 e. The Bertz CT molecular complexity index is 1230. The summed E-state index contributed by atoms with van der Waals surface area (Å²) in [6, 6.07) is 4.32. The number of methoxy groups -OCH3 is 2. The first-order valence-corrected chi connectivity index (χ1v) is 13.0. The lowest BCUT2D eigenvalue weighted by atomic mass is 10.2. The molecule has 2 N–H and O–H groups in total. The van der Waals surface area contributed by atoms with E-state index in [0.717, 1.165) is 18.9 Å². The molecule has 180 valence electrons. The number of carbonyl (C=O) groups excluding carboxylic acids is 1. The van der Waals surface area contributed by atoms with Crippen molar-refractivity contribution in [3.63, 3.8) is 0 Å². The Morgan fingerprint density at radius 2 is 1.82 bits per heavy atom. The zero-order valence-corrected chi connectivity index (χ0v) is 20.0. The number of anilines is 1. The molecule has 0 aliphatic carbocycles. The Balaban J connectivity index is 1.84. The summed E-state index contributed by atoms with van der Waals surface area (Å²) in [4.78, 5) is 19.3. The number of unbranched alkanes of at least 4 members (excludes halogenated alkanes) is 2. The normalized spacial score (nSPS) is 15.0. The molecule has 0 bridgehead atoms. The number of nitrogens with one attached hydrogen (secondary N) is 2. The Hall–Kier alpha value is -2.97. The molecule has 1 aromatic heterocycles. The number of carbonyl (C=O) groups is 1. The fourth-order valence-corrected chi connectivity index (χ4v) is 6.71. The fraction of sp³-hybridized carbons (Fsp3) is 0.421. The van der Waals surface area contributed by atoms with Gasteiger partial charge in [0.05, 0.1) is 20.3 Å². The number of benzene rings is 1. The SMILES string of the molecule is CCCCCN1Cc2cccc(S(=O)(=O)NC(=O)Nc3nc(OC)cc(OC)n3)c2S1(=O)=O. The molecule has 0 saturated carbocycles. The van der Waals surface area contributed by atoms with Gasteiger partial charge >= 0.3 is 6.03 Å². The van der Waals surface area contributed by atoms with Crippen molar-refractivity contribution in [1.29, 1.82) is 0 Å². The maximum atomic E-state index is 13.0. The lowest BCUT2D eigenvalue weighted by Crippen LogP contribution is -2.36. The number of fused-ring (bicyclic) bond motifs is 1. The lowest BCUT2D eigenvalue weighted by molar-refractivity contribution is 0.256. The van der Waals surface area contributed by atoms with Gasteiger partial charge in [0.2, 0.25) is 27.7 Å². The second kappa shape index (κ2) is 9.89. The molecule has 0 unspecified atom stereocenters. The number of urea groups is 1. The van der Waals surface area contributed by atoms with Gasteiger partial charge in [0.25, 0.3) is 10.0 Å². The smallest absolute Gasteiger partial charge is 0.335 e. The zero-order chi connectivity index (χ0) is 24.2. The van der Waals surface area contributed by atoms with Crippen molar-refractivity contribution >= 4 is 32.0 Å². The van der Waals surface area contributed by atoms with E-state index in [9.17, 15) is 21.6 Å². The molecule has 14 heteroatoms. The summed E-state index contributed by atoms with van der Waals surface area (Å²) in [5.74, 6) is -0.114. The van der Waals surface area contributed by atoms with E-state index in [-0.39, 0.29) is 35.7 Å². The second-order valence-corrected chi connectivity index (χ2v) is 10.7. The van der Waals surface area contributed by atoms with Gasteiger partial charge in [0, 0.05) is 13.1 Å². The monoisotopic (exact) mass is 499 g/mol. The van der Waals surface area contributed by atoms with Crippen LogP contribution in [-0.4, -0.2) is 57.9 Å². The molecule has 1 aliphatic rings.